The topological polar surface area (TPSA) is 92.5 Å². The van der Waals surface area contributed by atoms with Crippen LogP contribution < -0.4 is 11.1 Å². The van der Waals surface area contributed by atoms with Crippen molar-refractivity contribution in [2.45, 2.75) is 45.6 Å². The molecule has 0 aliphatic rings. The van der Waals surface area contributed by atoms with Crippen LogP contribution in [0, 0.1) is 11.3 Å². The van der Waals surface area contributed by atoms with E-state index < -0.39 is 0 Å². The van der Waals surface area contributed by atoms with Crippen LogP contribution in [0.2, 0.25) is 0 Å². The molecule has 0 radical (unpaired) electrons. The first kappa shape index (κ1) is 18.9. The number of aromatic nitrogens is 3. The molecule has 3 aromatic rings. The van der Waals surface area contributed by atoms with Crippen LogP contribution in [-0.4, -0.2) is 21.5 Å². The fourth-order valence-corrected chi connectivity index (χ4v) is 3.21. The van der Waals surface area contributed by atoms with Crippen LogP contribution in [0.25, 0.3) is 16.7 Å². The molecule has 3 N–H and O–H groups in total. The lowest BCUT2D eigenvalue weighted by Crippen LogP contribution is -2.17. The quantitative estimate of drug-likeness (QED) is 0.444. The number of nitrogen functional groups attached to an aromatic ring is 1. The summed E-state index contributed by atoms with van der Waals surface area (Å²) in [7, 11) is 0. The summed E-state index contributed by atoms with van der Waals surface area (Å²) in [4.78, 5) is 0. The van der Waals surface area contributed by atoms with Crippen LogP contribution in [0.4, 0.5) is 5.69 Å². The van der Waals surface area contributed by atoms with Crippen molar-refractivity contribution in [1.82, 2.24) is 20.3 Å². The summed E-state index contributed by atoms with van der Waals surface area (Å²) in [6.07, 6.45) is 6.23. The Bertz CT molecular complexity index is 937. The molecule has 0 saturated heterocycles. The number of para-hydroxylation sites is 1. The third-order valence-electron chi connectivity index (χ3n) is 4.73. The molecule has 140 valence electrons. The van der Waals surface area contributed by atoms with Crippen LogP contribution in [0.1, 0.15) is 50.2 Å². The molecule has 0 amide bonds. The molecule has 2 aromatic carbocycles. The van der Waals surface area contributed by atoms with E-state index in [9.17, 15) is 5.26 Å². The van der Waals surface area contributed by atoms with E-state index in [4.69, 9.17) is 5.73 Å². The van der Waals surface area contributed by atoms with Crippen LogP contribution in [0.5, 0.6) is 0 Å². The molecule has 3 rings (SSSR count). The third-order valence-corrected chi connectivity index (χ3v) is 4.73. The van der Waals surface area contributed by atoms with Crippen LogP contribution in [-0.2, 0) is 6.54 Å². The highest BCUT2D eigenvalue weighted by atomic mass is 15.4. The molecule has 0 saturated carbocycles. The van der Waals surface area contributed by atoms with E-state index in [1.54, 1.807) is 10.7 Å². The van der Waals surface area contributed by atoms with Crippen LogP contribution >= 0.6 is 0 Å². The van der Waals surface area contributed by atoms with Gasteiger partial charge in [-0.25, -0.2) is 4.68 Å². The highest BCUT2D eigenvalue weighted by Crippen LogP contribution is 2.26. The summed E-state index contributed by atoms with van der Waals surface area (Å²) >= 11 is 0. The lowest BCUT2D eigenvalue weighted by molar-refractivity contribution is 0.584. The van der Waals surface area contributed by atoms with E-state index in [-0.39, 0.29) is 0 Å². The Morgan fingerprint density at radius 2 is 1.96 bits per heavy atom. The van der Waals surface area contributed by atoms with Gasteiger partial charge in [-0.3, -0.25) is 0 Å². The summed E-state index contributed by atoms with van der Waals surface area (Å²) in [6.45, 7) is 3.80. The SMILES string of the molecule is CCCCCCCNCc1cc(C#N)cc(-n2nnc3ccccc32)c1N. The zero-order valence-corrected chi connectivity index (χ0v) is 15.8. The van der Waals surface area contributed by atoms with E-state index >= 15 is 0 Å². The van der Waals surface area contributed by atoms with Crippen molar-refractivity contribution in [2.75, 3.05) is 12.3 Å². The Labute approximate surface area is 160 Å². The van der Waals surface area contributed by atoms with Crippen molar-refractivity contribution < 1.29 is 0 Å². The number of nitrogens with two attached hydrogens (primary N) is 1. The largest absolute Gasteiger partial charge is 0.397 e. The van der Waals surface area contributed by atoms with Crippen molar-refractivity contribution in [1.29, 1.82) is 5.26 Å². The number of hydrogen-bond donors (Lipinski definition) is 2. The smallest absolute Gasteiger partial charge is 0.113 e. The highest BCUT2D eigenvalue weighted by molar-refractivity contribution is 5.78. The molecule has 0 aliphatic heterocycles. The number of fused-ring (bicyclic) bond motifs is 1. The Morgan fingerprint density at radius 3 is 2.78 bits per heavy atom. The van der Waals surface area contributed by atoms with Gasteiger partial charge >= 0.3 is 0 Å². The van der Waals surface area contributed by atoms with Crippen molar-refractivity contribution in [3.63, 3.8) is 0 Å². The fourth-order valence-electron chi connectivity index (χ4n) is 3.21. The summed E-state index contributed by atoms with van der Waals surface area (Å²) in [6, 6.07) is 13.6. The average Bonchev–Trinajstić information content (AvgIpc) is 3.12. The van der Waals surface area contributed by atoms with Crippen molar-refractivity contribution in [3.05, 3.63) is 47.5 Å². The predicted octanol–water partition coefficient (Wildman–Crippen LogP) is 3.93. The van der Waals surface area contributed by atoms with Gasteiger partial charge in [0.2, 0.25) is 0 Å². The number of anilines is 1. The molecule has 0 fully saturated rings. The molecule has 27 heavy (non-hydrogen) atoms. The fraction of sp³-hybridized carbons (Fsp3) is 0.381. The molecule has 0 spiro atoms. The summed E-state index contributed by atoms with van der Waals surface area (Å²) < 4.78 is 1.71. The zero-order chi connectivity index (χ0) is 19.1. The molecule has 0 bridgehead atoms. The van der Waals surface area contributed by atoms with Gasteiger partial charge in [0.25, 0.3) is 0 Å². The van der Waals surface area contributed by atoms with Gasteiger partial charge in [-0.05, 0) is 42.8 Å². The standard InChI is InChI=1S/C21H26N6/c1-2-3-4-5-8-11-24-15-17-12-16(14-22)13-20(21(17)23)27-19-10-7-6-9-18(19)25-26-27/h6-7,9-10,12-13,24H,2-5,8,11,15,23H2,1H3. The Morgan fingerprint density at radius 1 is 1.15 bits per heavy atom. The molecule has 6 nitrogen and oxygen atoms in total. The summed E-state index contributed by atoms with van der Waals surface area (Å²) in [5, 5.41) is 21.3. The molecule has 0 unspecified atom stereocenters. The van der Waals surface area contributed by atoms with Gasteiger partial charge < -0.3 is 11.1 Å². The Balaban J connectivity index is 1.78. The van der Waals surface area contributed by atoms with Gasteiger partial charge in [0.1, 0.15) is 5.52 Å². The number of hydrogen-bond acceptors (Lipinski definition) is 5. The van der Waals surface area contributed by atoms with Gasteiger partial charge in [-0.15, -0.1) is 5.10 Å². The van der Waals surface area contributed by atoms with E-state index in [1.165, 1.54) is 25.7 Å². The van der Waals surface area contributed by atoms with Gasteiger partial charge in [-0.2, -0.15) is 5.26 Å². The normalized spacial score (nSPS) is 11.0. The molecule has 0 atom stereocenters. The second-order valence-corrected chi connectivity index (χ2v) is 6.76. The maximum absolute atomic E-state index is 9.42. The number of nitriles is 1. The van der Waals surface area contributed by atoms with Crippen LogP contribution in [0.3, 0.4) is 0 Å². The van der Waals surface area contributed by atoms with Gasteiger partial charge in [-0.1, -0.05) is 50.0 Å². The van der Waals surface area contributed by atoms with E-state index in [0.717, 1.165) is 29.6 Å². The molecular weight excluding hydrogens is 336 g/mol. The highest BCUT2D eigenvalue weighted by Gasteiger charge is 2.13. The zero-order valence-electron chi connectivity index (χ0n) is 15.8. The van der Waals surface area contributed by atoms with E-state index in [1.807, 2.05) is 30.3 Å². The Hall–Kier alpha value is -2.91. The number of rotatable bonds is 9. The number of unbranched alkanes of at least 4 members (excludes halogenated alkanes) is 4. The first-order valence-electron chi connectivity index (χ1n) is 9.58. The summed E-state index contributed by atoms with van der Waals surface area (Å²) in [5.74, 6) is 0. The second kappa shape index (κ2) is 9.15. The number of nitrogens with one attached hydrogen (secondary N) is 1. The van der Waals surface area contributed by atoms with Gasteiger partial charge in [0, 0.05) is 6.54 Å². The van der Waals surface area contributed by atoms with Crippen molar-refractivity contribution in [3.8, 4) is 11.8 Å². The lowest BCUT2D eigenvalue weighted by atomic mass is 10.1. The first-order valence-corrected chi connectivity index (χ1v) is 9.58. The maximum Gasteiger partial charge on any atom is 0.113 e. The molecule has 1 aromatic heterocycles. The summed E-state index contributed by atoms with van der Waals surface area (Å²) in [5.41, 5.74) is 10.9. The van der Waals surface area contributed by atoms with Gasteiger partial charge in [0.15, 0.2) is 0 Å². The second-order valence-electron chi connectivity index (χ2n) is 6.76. The average molecular weight is 362 g/mol. The first-order chi connectivity index (χ1) is 13.2. The minimum atomic E-state index is 0.568. The van der Waals surface area contributed by atoms with E-state index in [0.29, 0.717) is 23.5 Å². The van der Waals surface area contributed by atoms with Gasteiger partial charge in [0.05, 0.1) is 28.5 Å². The molecule has 0 aliphatic carbocycles. The van der Waals surface area contributed by atoms with Crippen LogP contribution in [0.15, 0.2) is 36.4 Å². The lowest BCUT2D eigenvalue weighted by Gasteiger charge is -2.13. The maximum atomic E-state index is 9.42. The Kier molecular flexibility index (Phi) is 6.39. The third kappa shape index (κ3) is 4.44. The van der Waals surface area contributed by atoms with E-state index in [2.05, 4.69) is 28.6 Å². The molecular formula is C21H26N6. The van der Waals surface area contributed by atoms with Crippen molar-refractivity contribution in [2.24, 2.45) is 0 Å². The molecule has 1 heterocycles. The van der Waals surface area contributed by atoms with Crippen molar-refractivity contribution >= 4 is 16.7 Å². The minimum absolute atomic E-state index is 0.568. The monoisotopic (exact) mass is 362 g/mol. The number of nitrogens with zero attached hydrogens (tertiary/aromatic N) is 4. The number of benzene rings is 2. The molecule has 6 heteroatoms. The minimum Gasteiger partial charge on any atom is -0.397 e. The predicted molar refractivity (Wildman–Crippen MR) is 108 cm³/mol.